The highest BCUT2D eigenvalue weighted by Gasteiger charge is 2.41. The summed E-state index contributed by atoms with van der Waals surface area (Å²) in [6.45, 7) is 2.21. The first-order valence-electron chi connectivity index (χ1n) is 20.7. The van der Waals surface area contributed by atoms with Crippen molar-refractivity contribution in [2.24, 2.45) is 0 Å². The van der Waals surface area contributed by atoms with Gasteiger partial charge in [0.2, 0.25) is 0 Å². The Labute approximate surface area is 342 Å². The largest absolute Gasteiger partial charge is 0.482 e. The van der Waals surface area contributed by atoms with Gasteiger partial charge in [-0.1, -0.05) is 121 Å². The van der Waals surface area contributed by atoms with E-state index >= 15 is 0 Å². The summed E-state index contributed by atoms with van der Waals surface area (Å²) in [5.74, 6) is 0.971. The van der Waals surface area contributed by atoms with Gasteiger partial charge < -0.3 is 13.9 Å². The predicted octanol–water partition coefficient (Wildman–Crippen LogP) is 14.3. The van der Waals surface area contributed by atoms with Gasteiger partial charge in [-0.25, -0.2) is 0 Å². The summed E-state index contributed by atoms with van der Waals surface area (Å²) in [7, 11) is 0. The van der Waals surface area contributed by atoms with Crippen molar-refractivity contribution in [3.05, 3.63) is 205 Å². The van der Waals surface area contributed by atoms with Gasteiger partial charge in [-0.05, 0) is 125 Å². The van der Waals surface area contributed by atoms with Crippen molar-refractivity contribution in [1.82, 2.24) is 9.13 Å². The van der Waals surface area contributed by atoms with Crippen LogP contribution in [0.4, 0.5) is 0 Å². The number of hydrogen-bond acceptors (Lipinski definition) is 1. The fourth-order valence-corrected chi connectivity index (χ4v) is 10.4. The van der Waals surface area contributed by atoms with E-state index in [1.54, 1.807) is 0 Å². The fourth-order valence-electron chi connectivity index (χ4n) is 10.4. The summed E-state index contributed by atoms with van der Waals surface area (Å²) in [6.07, 6.45) is 6.51. The normalized spacial score (nSPS) is 16.5. The first-order valence-corrected chi connectivity index (χ1v) is 20.7. The Morgan fingerprint density at radius 3 is 1.81 bits per heavy atom. The van der Waals surface area contributed by atoms with E-state index in [-0.39, 0.29) is 5.60 Å². The zero-order chi connectivity index (χ0) is 38.8. The van der Waals surface area contributed by atoms with Crippen molar-refractivity contribution in [2.45, 2.75) is 25.4 Å². The molecule has 1 unspecified atom stereocenters. The SMILES string of the molecule is CC12CC=C(n3c4ccccc4c4cc(-c5cccc(-c6ccc7c(c6)c6ccccc6n7-c6ccc7c(c6)-c6ccccc6C7)c5)ccc43)C=C1c1ccccc1O2. The number of nitrogens with zero attached hydrogens (tertiary/aromatic N) is 2. The molecule has 59 heavy (non-hydrogen) atoms. The molecule has 0 spiro atoms. The van der Waals surface area contributed by atoms with E-state index in [1.165, 1.54) is 111 Å². The third kappa shape index (κ3) is 4.76. The fraction of sp³-hybridized carbons (Fsp3) is 0.0714. The van der Waals surface area contributed by atoms with Gasteiger partial charge in [0.1, 0.15) is 11.4 Å². The summed E-state index contributed by atoms with van der Waals surface area (Å²) < 4.78 is 11.4. The van der Waals surface area contributed by atoms with Crippen LogP contribution in [0, 0.1) is 0 Å². The number of allylic oxidation sites excluding steroid dienone is 2. The molecule has 0 radical (unpaired) electrons. The lowest BCUT2D eigenvalue weighted by Gasteiger charge is -2.29. The second kappa shape index (κ2) is 12.1. The summed E-state index contributed by atoms with van der Waals surface area (Å²) in [6, 6.07) is 64.9. The molecule has 0 fully saturated rings. The minimum atomic E-state index is -0.346. The summed E-state index contributed by atoms with van der Waals surface area (Å²) in [5.41, 5.74) is 19.7. The molecule has 2 aliphatic carbocycles. The zero-order valence-electron chi connectivity index (χ0n) is 32.6. The number of hydrogen-bond donors (Lipinski definition) is 0. The number of para-hydroxylation sites is 3. The van der Waals surface area contributed by atoms with Crippen LogP contribution in [-0.2, 0) is 6.42 Å². The van der Waals surface area contributed by atoms with Gasteiger partial charge in [0, 0.05) is 50.5 Å². The molecular formula is C56H38N2O. The van der Waals surface area contributed by atoms with Gasteiger partial charge in [0.25, 0.3) is 0 Å². The van der Waals surface area contributed by atoms with Gasteiger partial charge in [-0.3, -0.25) is 0 Å². The van der Waals surface area contributed by atoms with Crippen molar-refractivity contribution >= 4 is 54.9 Å². The van der Waals surface area contributed by atoms with E-state index in [1.807, 2.05) is 0 Å². The van der Waals surface area contributed by atoms with Crippen LogP contribution < -0.4 is 4.74 Å². The number of fused-ring (bicyclic) bond motifs is 12. The lowest BCUT2D eigenvalue weighted by molar-refractivity contribution is 0.170. The second-order valence-electron chi connectivity index (χ2n) is 16.6. The van der Waals surface area contributed by atoms with E-state index in [9.17, 15) is 0 Å². The van der Waals surface area contributed by atoms with Crippen LogP contribution in [0.25, 0.3) is 93.9 Å². The van der Waals surface area contributed by atoms with Crippen LogP contribution >= 0.6 is 0 Å². The first kappa shape index (κ1) is 32.7. The molecule has 10 aromatic rings. The van der Waals surface area contributed by atoms with Gasteiger partial charge in [-0.2, -0.15) is 0 Å². The maximum absolute atomic E-state index is 6.50. The molecule has 1 aliphatic heterocycles. The second-order valence-corrected chi connectivity index (χ2v) is 16.6. The number of rotatable bonds is 4. The highest BCUT2D eigenvalue weighted by atomic mass is 16.5. The van der Waals surface area contributed by atoms with Crippen molar-refractivity contribution < 1.29 is 4.74 Å². The van der Waals surface area contributed by atoms with E-state index in [0.29, 0.717) is 0 Å². The lowest BCUT2D eigenvalue weighted by Crippen LogP contribution is -2.30. The third-order valence-electron chi connectivity index (χ3n) is 13.2. The van der Waals surface area contributed by atoms with Crippen LogP contribution in [0.1, 0.15) is 30.0 Å². The smallest absolute Gasteiger partial charge is 0.135 e. The molecule has 0 saturated carbocycles. The maximum atomic E-state index is 6.50. The van der Waals surface area contributed by atoms with Crippen molar-refractivity contribution in [3.63, 3.8) is 0 Å². The maximum Gasteiger partial charge on any atom is 0.135 e. The molecule has 3 aliphatic rings. The summed E-state index contributed by atoms with van der Waals surface area (Å²) in [4.78, 5) is 0. The van der Waals surface area contributed by atoms with E-state index in [2.05, 4.69) is 204 Å². The summed E-state index contributed by atoms with van der Waals surface area (Å²) in [5, 5.41) is 5.04. The van der Waals surface area contributed by atoms with Crippen LogP contribution in [-0.4, -0.2) is 14.7 Å². The van der Waals surface area contributed by atoms with Gasteiger partial charge >= 0.3 is 0 Å². The Morgan fingerprint density at radius 2 is 1.05 bits per heavy atom. The minimum absolute atomic E-state index is 0.346. The molecule has 13 rings (SSSR count). The molecule has 3 heteroatoms. The van der Waals surface area contributed by atoms with E-state index in [4.69, 9.17) is 4.74 Å². The average Bonchev–Trinajstić information content (AvgIpc) is 4.01. The first-order chi connectivity index (χ1) is 29.1. The Morgan fingerprint density at radius 1 is 0.458 bits per heavy atom. The lowest BCUT2D eigenvalue weighted by atomic mass is 9.85. The highest BCUT2D eigenvalue weighted by molar-refractivity contribution is 6.13. The van der Waals surface area contributed by atoms with Crippen LogP contribution in [0.5, 0.6) is 5.75 Å². The standard InChI is InChI=1S/C56H38N2O/c1-56-28-27-42(34-50(56)46-17-6-9-20-55(46)59-56)58-52-19-8-5-16-45(52)49-32-38(23-26-54(49)58)36-13-10-12-35(29-36)37-22-25-53-48(31-37)44-15-4-7-18-51(44)57(53)41-24-21-40-30-39-11-2-3-14-43(39)47(40)33-41/h2-27,29,31-34H,28,30H2,1H3. The van der Waals surface area contributed by atoms with Crippen LogP contribution in [0.3, 0.4) is 0 Å². The van der Waals surface area contributed by atoms with Crippen molar-refractivity contribution in [3.8, 4) is 44.8 Å². The summed E-state index contributed by atoms with van der Waals surface area (Å²) >= 11 is 0. The van der Waals surface area contributed by atoms with Gasteiger partial charge in [0.15, 0.2) is 0 Å². The number of ether oxygens (including phenoxy) is 1. The zero-order valence-corrected chi connectivity index (χ0v) is 32.6. The van der Waals surface area contributed by atoms with Crippen molar-refractivity contribution in [1.29, 1.82) is 0 Å². The molecule has 0 saturated heterocycles. The Kier molecular flexibility index (Phi) is 6.69. The topological polar surface area (TPSA) is 19.1 Å². The minimum Gasteiger partial charge on any atom is -0.482 e. The quantitative estimate of drug-likeness (QED) is 0.175. The molecule has 0 N–H and O–H groups in total. The third-order valence-corrected chi connectivity index (χ3v) is 13.2. The van der Waals surface area contributed by atoms with Crippen molar-refractivity contribution in [2.75, 3.05) is 0 Å². The molecule has 278 valence electrons. The number of aromatic nitrogens is 2. The number of benzene rings is 8. The molecule has 0 amide bonds. The highest BCUT2D eigenvalue weighted by Crippen LogP contribution is 2.50. The Bertz CT molecular complexity index is 3500. The van der Waals surface area contributed by atoms with Crippen LogP contribution in [0.2, 0.25) is 0 Å². The average molecular weight is 755 g/mol. The van der Waals surface area contributed by atoms with E-state index < -0.39 is 0 Å². The van der Waals surface area contributed by atoms with Gasteiger partial charge in [0.05, 0.1) is 22.1 Å². The van der Waals surface area contributed by atoms with Crippen LogP contribution in [0.15, 0.2) is 188 Å². The molecule has 1 atom stereocenters. The van der Waals surface area contributed by atoms with Gasteiger partial charge in [-0.15, -0.1) is 0 Å². The predicted molar refractivity (Wildman–Crippen MR) is 245 cm³/mol. The molecule has 2 aromatic heterocycles. The molecular weight excluding hydrogens is 717 g/mol. The van der Waals surface area contributed by atoms with E-state index in [0.717, 1.165) is 18.6 Å². The Hall–Kier alpha value is -7.36. The Balaban J connectivity index is 0.898. The molecule has 3 nitrogen and oxygen atoms in total. The monoisotopic (exact) mass is 754 g/mol. The molecule has 8 aromatic carbocycles. The molecule has 0 bridgehead atoms. The molecule has 3 heterocycles.